The molecule has 0 fully saturated rings. The lowest BCUT2D eigenvalue weighted by Gasteiger charge is -2.21. The Morgan fingerprint density at radius 1 is 0.900 bits per heavy atom. The zero-order valence-electron chi connectivity index (χ0n) is 16.6. The maximum absolute atomic E-state index is 12.8. The van der Waals surface area contributed by atoms with Gasteiger partial charge in [-0.15, -0.1) is 0 Å². The Balaban J connectivity index is 1.68. The average molecular weight is 406 g/mol. The molecular weight excluding hydrogens is 384 g/mol. The second-order valence-corrected chi connectivity index (χ2v) is 6.93. The fourth-order valence-corrected chi connectivity index (χ4v) is 2.75. The summed E-state index contributed by atoms with van der Waals surface area (Å²) in [6.07, 6.45) is 4.55. The van der Waals surface area contributed by atoms with Gasteiger partial charge in [0.05, 0.1) is 6.26 Å². The van der Waals surface area contributed by atoms with Gasteiger partial charge in [-0.2, -0.15) is 0 Å². The molecule has 0 saturated heterocycles. The van der Waals surface area contributed by atoms with Crippen molar-refractivity contribution in [3.8, 4) is 0 Å². The van der Waals surface area contributed by atoms with Crippen LogP contribution in [0, 0.1) is 5.92 Å². The third kappa shape index (κ3) is 5.32. The molecule has 0 saturated carbocycles. The van der Waals surface area contributed by atoms with Crippen LogP contribution in [0.3, 0.4) is 0 Å². The van der Waals surface area contributed by atoms with Gasteiger partial charge in [0, 0.05) is 29.3 Å². The average Bonchev–Trinajstić information content (AvgIpc) is 3.27. The summed E-state index contributed by atoms with van der Waals surface area (Å²) < 4.78 is 5.07. The van der Waals surface area contributed by atoms with E-state index in [1.165, 1.54) is 12.3 Å². The van der Waals surface area contributed by atoms with Crippen LogP contribution in [0.4, 0.5) is 11.4 Å². The van der Waals surface area contributed by atoms with E-state index in [9.17, 15) is 14.4 Å². The van der Waals surface area contributed by atoms with E-state index >= 15 is 0 Å². The van der Waals surface area contributed by atoms with E-state index in [-0.39, 0.29) is 17.6 Å². The lowest BCUT2D eigenvalue weighted by Crippen LogP contribution is -2.47. The Labute approximate surface area is 173 Å². The predicted octanol–water partition coefficient (Wildman–Crippen LogP) is 3.32. The van der Waals surface area contributed by atoms with Crippen molar-refractivity contribution in [1.29, 1.82) is 0 Å². The minimum Gasteiger partial charge on any atom is -0.459 e. The molecule has 0 aliphatic heterocycles. The molecule has 3 amide bonds. The molecule has 0 aliphatic carbocycles. The molecule has 2 heterocycles. The molecule has 154 valence electrons. The fourth-order valence-electron chi connectivity index (χ4n) is 2.75. The minimum absolute atomic E-state index is 0.128. The molecule has 2 aromatic heterocycles. The first-order valence-corrected chi connectivity index (χ1v) is 9.40. The van der Waals surface area contributed by atoms with E-state index in [4.69, 9.17) is 4.42 Å². The Hall–Kier alpha value is -3.94. The molecule has 0 radical (unpaired) electrons. The van der Waals surface area contributed by atoms with Gasteiger partial charge in [0.1, 0.15) is 6.04 Å². The van der Waals surface area contributed by atoms with Crippen LogP contribution < -0.4 is 16.0 Å². The molecule has 1 atom stereocenters. The largest absolute Gasteiger partial charge is 0.459 e. The van der Waals surface area contributed by atoms with Crippen molar-refractivity contribution in [3.63, 3.8) is 0 Å². The van der Waals surface area contributed by atoms with Crippen LogP contribution in [0.2, 0.25) is 0 Å². The van der Waals surface area contributed by atoms with Crippen LogP contribution in [0.25, 0.3) is 0 Å². The zero-order valence-corrected chi connectivity index (χ0v) is 16.6. The van der Waals surface area contributed by atoms with Crippen molar-refractivity contribution in [2.45, 2.75) is 19.9 Å². The molecule has 30 heavy (non-hydrogen) atoms. The van der Waals surface area contributed by atoms with E-state index in [1.807, 2.05) is 13.8 Å². The van der Waals surface area contributed by atoms with Crippen molar-refractivity contribution in [1.82, 2.24) is 10.3 Å². The van der Waals surface area contributed by atoms with E-state index in [0.717, 1.165) is 0 Å². The minimum atomic E-state index is -0.781. The molecule has 1 aromatic carbocycles. The standard InChI is InChI=1S/C22H22N4O4/c1-14(2)19(26-21(28)18-7-4-12-30-18)22(29)25-17-6-3-5-15(13-17)20(27)24-16-8-10-23-11-9-16/h3-14,19H,1-2H3,(H,25,29)(H,26,28)(H,23,24,27). The number of anilines is 2. The summed E-state index contributed by atoms with van der Waals surface area (Å²) in [7, 11) is 0. The number of pyridine rings is 1. The maximum atomic E-state index is 12.8. The highest BCUT2D eigenvalue weighted by atomic mass is 16.3. The Morgan fingerprint density at radius 2 is 1.67 bits per heavy atom. The van der Waals surface area contributed by atoms with Crippen LogP contribution in [-0.2, 0) is 4.79 Å². The van der Waals surface area contributed by atoms with E-state index in [0.29, 0.717) is 16.9 Å². The predicted molar refractivity (Wildman–Crippen MR) is 112 cm³/mol. The highest BCUT2D eigenvalue weighted by Crippen LogP contribution is 2.15. The first-order chi connectivity index (χ1) is 14.4. The molecule has 8 nitrogen and oxygen atoms in total. The molecule has 0 bridgehead atoms. The number of nitrogens with zero attached hydrogens (tertiary/aromatic N) is 1. The molecule has 0 aliphatic rings. The second-order valence-electron chi connectivity index (χ2n) is 6.93. The summed E-state index contributed by atoms with van der Waals surface area (Å²) in [5.41, 5.74) is 1.44. The molecule has 3 rings (SSSR count). The number of aromatic nitrogens is 1. The summed E-state index contributed by atoms with van der Waals surface area (Å²) in [6, 6.07) is 12.3. The number of carbonyl (C=O) groups is 3. The number of benzene rings is 1. The monoisotopic (exact) mass is 406 g/mol. The quantitative estimate of drug-likeness (QED) is 0.557. The molecule has 1 unspecified atom stereocenters. The molecule has 3 aromatic rings. The van der Waals surface area contributed by atoms with Crippen LogP contribution in [-0.4, -0.2) is 28.7 Å². The van der Waals surface area contributed by atoms with Crippen molar-refractivity contribution in [2.24, 2.45) is 5.92 Å². The number of nitrogens with one attached hydrogen (secondary N) is 3. The number of hydrogen-bond donors (Lipinski definition) is 3. The van der Waals surface area contributed by atoms with Gasteiger partial charge in [0.2, 0.25) is 5.91 Å². The van der Waals surface area contributed by atoms with E-state index < -0.39 is 17.9 Å². The highest BCUT2D eigenvalue weighted by Gasteiger charge is 2.25. The summed E-state index contributed by atoms with van der Waals surface area (Å²) in [4.78, 5) is 41.4. The molecule has 8 heteroatoms. The van der Waals surface area contributed by atoms with Crippen molar-refractivity contribution in [3.05, 3.63) is 78.5 Å². The van der Waals surface area contributed by atoms with Crippen molar-refractivity contribution >= 4 is 29.1 Å². The van der Waals surface area contributed by atoms with Gasteiger partial charge in [-0.25, -0.2) is 0 Å². The summed E-state index contributed by atoms with van der Waals surface area (Å²) in [5.74, 6) is -1.22. The van der Waals surface area contributed by atoms with Gasteiger partial charge in [-0.3, -0.25) is 19.4 Å². The van der Waals surface area contributed by atoms with Gasteiger partial charge in [0.15, 0.2) is 5.76 Å². The smallest absolute Gasteiger partial charge is 0.287 e. The summed E-state index contributed by atoms with van der Waals surface area (Å²) >= 11 is 0. The normalized spacial score (nSPS) is 11.6. The number of rotatable bonds is 7. The summed E-state index contributed by atoms with van der Waals surface area (Å²) in [5, 5.41) is 8.20. The van der Waals surface area contributed by atoms with Crippen molar-refractivity contribution < 1.29 is 18.8 Å². The fraction of sp³-hybridized carbons (Fsp3) is 0.182. The second kappa shape index (κ2) is 9.51. The topological polar surface area (TPSA) is 113 Å². The van der Waals surface area contributed by atoms with Crippen molar-refractivity contribution in [2.75, 3.05) is 10.6 Å². The molecule has 3 N–H and O–H groups in total. The first kappa shape index (κ1) is 20.8. The third-order valence-corrected chi connectivity index (χ3v) is 4.31. The molecule has 0 spiro atoms. The number of furan rings is 1. The van der Waals surface area contributed by atoms with Crippen LogP contribution in [0.5, 0.6) is 0 Å². The van der Waals surface area contributed by atoms with E-state index in [1.54, 1.807) is 54.9 Å². The van der Waals surface area contributed by atoms with E-state index in [2.05, 4.69) is 20.9 Å². The maximum Gasteiger partial charge on any atom is 0.287 e. The summed E-state index contributed by atoms with van der Waals surface area (Å²) in [6.45, 7) is 3.65. The SMILES string of the molecule is CC(C)C(NC(=O)c1ccco1)C(=O)Nc1cccc(C(=O)Nc2ccncc2)c1. The van der Waals surface area contributed by atoms with Crippen LogP contribution >= 0.6 is 0 Å². The van der Waals surface area contributed by atoms with Gasteiger partial charge in [-0.1, -0.05) is 19.9 Å². The lowest BCUT2D eigenvalue weighted by molar-refractivity contribution is -0.118. The van der Waals surface area contributed by atoms with Crippen LogP contribution in [0.15, 0.2) is 71.6 Å². The highest BCUT2D eigenvalue weighted by molar-refractivity contribution is 6.06. The number of carbonyl (C=O) groups excluding carboxylic acids is 3. The van der Waals surface area contributed by atoms with Gasteiger partial charge in [-0.05, 0) is 48.4 Å². The van der Waals surface area contributed by atoms with Gasteiger partial charge in [0.25, 0.3) is 11.8 Å². The Bertz CT molecular complexity index is 1020. The Kier molecular flexibility index (Phi) is 6.59. The molecular formula is C22H22N4O4. The number of amides is 3. The number of hydrogen-bond acceptors (Lipinski definition) is 5. The van der Waals surface area contributed by atoms with Crippen LogP contribution in [0.1, 0.15) is 34.8 Å². The third-order valence-electron chi connectivity index (χ3n) is 4.31. The zero-order chi connectivity index (χ0) is 21.5. The Morgan fingerprint density at radius 3 is 2.33 bits per heavy atom. The van der Waals surface area contributed by atoms with Gasteiger partial charge >= 0.3 is 0 Å². The van der Waals surface area contributed by atoms with Gasteiger partial charge < -0.3 is 20.4 Å². The lowest BCUT2D eigenvalue weighted by atomic mass is 10.0. The first-order valence-electron chi connectivity index (χ1n) is 9.40.